The number of amidine groups is 1. The van der Waals surface area contributed by atoms with Gasteiger partial charge in [-0.15, -0.1) is 0 Å². The van der Waals surface area contributed by atoms with E-state index in [1.54, 1.807) is 30.3 Å². The van der Waals surface area contributed by atoms with Crippen molar-refractivity contribution in [2.45, 2.75) is 32.7 Å². The van der Waals surface area contributed by atoms with Crippen molar-refractivity contribution in [3.05, 3.63) is 71.7 Å². The smallest absolute Gasteiger partial charge is 0.283 e. The number of nitrogens with one attached hydrogen (secondary N) is 1. The summed E-state index contributed by atoms with van der Waals surface area (Å²) in [6.45, 7) is 5.92. The molecule has 0 atom stereocenters. The van der Waals surface area contributed by atoms with E-state index in [9.17, 15) is 14.0 Å². The highest BCUT2D eigenvalue weighted by Gasteiger charge is 2.32. The van der Waals surface area contributed by atoms with Crippen LogP contribution in [0.2, 0.25) is 0 Å². The molecule has 0 bridgehead atoms. The van der Waals surface area contributed by atoms with Crippen molar-refractivity contribution in [3.63, 3.8) is 0 Å². The summed E-state index contributed by atoms with van der Waals surface area (Å²) in [5.41, 5.74) is 0.743. The average molecular weight is 426 g/mol. The van der Waals surface area contributed by atoms with Crippen LogP contribution in [-0.4, -0.2) is 28.3 Å². The quantitative estimate of drug-likeness (QED) is 0.688. The molecule has 0 saturated heterocycles. The number of carbonyl (C=O) groups is 2. The van der Waals surface area contributed by atoms with E-state index < -0.39 is 5.82 Å². The Morgan fingerprint density at radius 1 is 1.17 bits per heavy atom. The number of halogens is 1. The lowest BCUT2D eigenvalue weighted by Crippen LogP contribution is -2.44. The summed E-state index contributed by atoms with van der Waals surface area (Å²) in [5, 5.41) is 3.36. The second-order valence-corrected chi connectivity index (χ2v) is 8.44. The monoisotopic (exact) mass is 425 g/mol. The summed E-state index contributed by atoms with van der Waals surface area (Å²) in [5.74, 6) is -0.810. The lowest BCUT2D eigenvalue weighted by molar-refractivity contribution is -0.120. The first-order valence-electron chi connectivity index (χ1n) is 9.69. The molecule has 2 aromatic rings. The number of anilines is 1. The molecule has 1 aliphatic heterocycles. The maximum Gasteiger partial charge on any atom is 0.283 e. The van der Waals surface area contributed by atoms with Gasteiger partial charge in [-0.1, -0.05) is 55.1 Å². The number of hydrogen-bond donors (Lipinski definition) is 1. The minimum Gasteiger partial charge on any atom is -0.351 e. The first-order valence-corrected chi connectivity index (χ1v) is 10.7. The Bertz CT molecular complexity index is 1000. The maximum atomic E-state index is 14.1. The molecule has 0 spiro atoms. The van der Waals surface area contributed by atoms with Crippen LogP contribution < -0.4 is 10.2 Å². The molecule has 3 rings (SSSR count). The van der Waals surface area contributed by atoms with E-state index in [-0.39, 0.29) is 34.4 Å². The van der Waals surface area contributed by atoms with Gasteiger partial charge in [0.2, 0.25) is 5.91 Å². The zero-order valence-corrected chi connectivity index (χ0v) is 18.0. The number of hydrogen-bond acceptors (Lipinski definition) is 4. The van der Waals surface area contributed by atoms with E-state index in [1.807, 2.05) is 39.0 Å². The van der Waals surface area contributed by atoms with Gasteiger partial charge in [-0.3, -0.25) is 14.5 Å². The Labute approximate surface area is 180 Å². The van der Waals surface area contributed by atoms with Gasteiger partial charge >= 0.3 is 0 Å². The van der Waals surface area contributed by atoms with Crippen molar-refractivity contribution >= 4 is 40.5 Å². The third-order valence-electron chi connectivity index (χ3n) is 4.74. The fourth-order valence-corrected chi connectivity index (χ4v) is 3.58. The van der Waals surface area contributed by atoms with Gasteiger partial charge < -0.3 is 5.32 Å². The molecule has 2 amide bonds. The highest BCUT2D eigenvalue weighted by Crippen LogP contribution is 2.29. The zero-order chi connectivity index (χ0) is 21.7. The number of thioether (sulfide) groups is 1. The first kappa shape index (κ1) is 21.8. The van der Waals surface area contributed by atoms with Gasteiger partial charge in [0.05, 0.1) is 11.4 Å². The van der Waals surface area contributed by atoms with Crippen molar-refractivity contribution in [2.24, 2.45) is 4.99 Å². The maximum absolute atomic E-state index is 14.1. The highest BCUT2D eigenvalue weighted by atomic mass is 32.2. The summed E-state index contributed by atoms with van der Waals surface area (Å²) in [6.07, 6.45) is 2.23. The van der Waals surface area contributed by atoms with Gasteiger partial charge in [0, 0.05) is 11.1 Å². The Morgan fingerprint density at radius 2 is 1.83 bits per heavy atom. The molecule has 0 saturated carbocycles. The third-order valence-corrected chi connectivity index (χ3v) is 5.67. The van der Waals surface area contributed by atoms with E-state index >= 15 is 0 Å². The Hall–Kier alpha value is -2.93. The molecule has 1 aliphatic rings. The zero-order valence-electron chi connectivity index (χ0n) is 17.2. The molecule has 1 N–H and O–H groups in total. The second kappa shape index (κ2) is 9.26. The fourth-order valence-electron chi connectivity index (χ4n) is 2.77. The van der Waals surface area contributed by atoms with Crippen LogP contribution in [0.4, 0.5) is 10.1 Å². The summed E-state index contributed by atoms with van der Waals surface area (Å²) < 4.78 is 14.1. The van der Waals surface area contributed by atoms with Gasteiger partial charge in [-0.25, -0.2) is 9.38 Å². The molecule has 30 heavy (non-hydrogen) atoms. The van der Waals surface area contributed by atoms with E-state index in [0.717, 1.165) is 6.42 Å². The molecule has 1 heterocycles. The molecule has 2 aromatic carbocycles. The van der Waals surface area contributed by atoms with Crippen LogP contribution in [0.15, 0.2) is 65.3 Å². The molecule has 0 radical (unpaired) electrons. The van der Waals surface area contributed by atoms with Crippen LogP contribution in [0.3, 0.4) is 0 Å². The van der Waals surface area contributed by atoms with E-state index in [0.29, 0.717) is 10.9 Å². The summed E-state index contributed by atoms with van der Waals surface area (Å²) in [4.78, 5) is 31.3. The van der Waals surface area contributed by atoms with Crippen LogP contribution >= 0.6 is 11.8 Å². The summed E-state index contributed by atoms with van der Waals surface area (Å²) >= 11 is 1.18. The van der Waals surface area contributed by atoms with Crippen LogP contribution in [0.5, 0.6) is 0 Å². The minimum atomic E-state index is -0.429. The summed E-state index contributed by atoms with van der Waals surface area (Å²) in [6, 6.07) is 15.3. The Kier molecular flexibility index (Phi) is 6.72. The van der Waals surface area contributed by atoms with Crippen LogP contribution in [0.1, 0.15) is 32.8 Å². The van der Waals surface area contributed by atoms with E-state index in [2.05, 4.69) is 10.3 Å². The number of carbonyl (C=O) groups excluding carboxylic acids is 2. The number of amides is 2. The molecule has 156 valence electrons. The lowest BCUT2D eigenvalue weighted by atomic mass is 10.0. The highest BCUT2D eigenvalue weighted by molar-refractivity contribution is 8.14. The Balaban J connectivity index is 1.87. The van der Waals surface area contributed by atoms with Crippen LogP contribution in [-0.2, 0) is 9.59 Å². The normalized spacial score (nSPS) is 15.5. The number of benzene rings is 2. The fraction of sp³-hybridized carbons (Fsp3) is 0.261. The van der Waals surface area contributed by atoms with Crippen molar-refractivity contribution in [1.82, 2.24) is 5.32 Å². The van der Waals surface area contributed by atoms with Gasteiger partial charge in [0.25, 0.3) is 5.91 Å². The molecule has 0 aliphatic carbocycles. The number of rotatable bonds is 6. The number of para-hydroxylation sites is 1. The standard InChI is InChI=1S/C23H24FN3O2S/c1-4-23(2,3)26-20(28)15-30-22-25-19(14-16-10-8-9-13-18(16)24)21(29)27(22)17-11-6-5-7-12-17/h5-14H,4,15H2,1-3H3,(H,26,28)/b19-14+. The predicted molar refractivity (Wildman–Crippen MR) is 121 cm³/mol. The molecule has 0 unspecified atom stereocenters. The minimum absolute atomic E-state index is 0.117. The molecule has 5 nitrogen and oxygen atoms in total. The number of nitrogens with zero attached hydrogens (tertiary/aromatic N) is 2. The predicted octanol–water partition coefficient (Wildman–Crippen LogP) is 4.61. The van der Waals surface area contributed by atoms with Gasteiger partial charge in [-0.05, 0) is 44.5 Å². The average Bonchev–Trinajstić information content (AvgIpc) is 3.04. The van der Waals surface area contributed by atoms with Gasteiger partial charge in [0.15, 0.2) is 5.17 Å². The topological polar surface area (TPSA) is 61.8 Å². The van der Waals surface area contributed by atoms with E-state index in [1.165, 1.54) is 28.8 Å². The molecular formula is C23H24FN3O2S. The van der Waals surface area contributed by atoms with Gasteiger partial charge in [-0.2, -0.15) is 0 Å². The Morgan fingerprint density at radius 3 is 2.50 bits per heavy atom. The van der Waals surface area contributed by atoms with Crippen LogP contribution in [0, 0.1) is 5.82 Å². The largest absolute Gasteiger partial charge is 0.351 e. The van der Waals surface area contributed by atoms with Crippen molar-refractivity contribution in [2.75, 3.05) is 10.7 Å². The van der Waals surface area contributed by atoms with Crippen LogP contribution in [0.25, 0.3) is 6.08 Å². The van der Waals surface area contributed by atoms with Crippen molar-refractivity contribution < 1.29 is 14.0 Å². The second-order valence-electron chi connectivity index (χ2n) is 7.50. The molecule has 7 heteroatoms. The third kappa shape index (κ3) is 5.16. The molecular weight excluding hydrogens is 401 g/mol. The van der Waals surface area contributed by atoms with Crippen molar-refractivity contribution in [3.8, 4) is 0 Å². The number of aliphatic imine (C=N–C) groups is 1. The van der Waals surface area contributed by atoms with E-state index in [4.69, 9.17) is 0 Å². The SMILES string of the molecule is CCC(C)(C)NC(=O)CSC1=N/C(=C/c2ccccc2F)C(=O)N1c1ccccc1. The molecule has 0 fully saturated rings. The van der Waals surface area contributed by atoms with Gasteiger partial charge in [0.1, 0.15) is 11.5 Å². The first-order chi connectivity index (χ1) is 14.3. The molecule has 0 aromatic heterocycles. The summed E-state index contributed by atoms with van der Waals surface area (Å²) in [7, 11) is 0. The van der Waals surface area contributed by atoms with Crippen molar-refractivity contribution in [1.29, 1.82) is 0 Å². The lowest BCUT2D eigenvalue weighted by Gasteiger charge is -2.24.